The van der Waals surface area contributed by atoms with Crippen molar-refractivity contribution in [2.24, 2.45) is 0 Å². The quantitative estimate of drug-likeness (QED) is 0.875. The predicted octanol–water partition coefficient (Wildman–Crippen LogP) is 3.17. The first-order chi connectivity index (χ1) is 7.66. The summed E-state index contributed by atoms with van der Waals surface area (Å²) in [5.41, 5.74) is 1.23. The summed E-state index contributed by atoms with van der Waals surface area (Å²) < 4.78 is 5.54. The van der Waals surface area contributed by atoms with Gasteiger partial charge in [-0.05, 0) is 38.0 Å². The van der Waals surface area contributed by atoms with Crippen molar-refractivity contribution in [3.63, 3.8) is 0 Å². The van der Waals surface area contributed by atoms with E-state index in [0.717, 1.165) is 18.1 Å². The lowest BCUT2D eigenvalue weighted by molar-refractivity contribution is 0.111. The first-order valence-corrected chi connectivity index (χ1v) is 6.17. The Morgan fingerprint density at radius 2 is 2.31 bits per heavy atom. The van der Waals surface area contributed by atoms with E-state index in [2.05, 4.69) is 25.2 Å². The minimum atomic E-state index is 0.307. The number of ether oxygens (including phenoxy) is 1. The largest absolute Gasteiger partial charge is 0.377 e. The van der Waals surface area contributed by atoms with E-state index in [-0.39, 0.29) is 0 Å². The summed E-state index contributed by atoms with van der Waals surface area (Å²) in [7, 11) is 0. The smallest absolute Gasteiger partial charge is 0.0700 e. The van der Waals surface area contributed by atoms with Crippen LogP contribution in [0.3, 0.4) is 0 Å². The van der Waals surface area contributed by atoms with E-state index >= 15 is 0 Å². The highest BCUT2D eigenvalue weighted by atomic mass is 35.5. The van der Waals surface area contributed by atoms with Crippen LogP contribution in [0.1, 0.15) is 31.9 Å². The van der Waals surface area contributed by atoms with Crippen LogP contribution in [-0.4, -0.2) is 18.8 Å². The van der Waals surface area contributed by atoms with Crippen molar-refractivity contribution in [2.75, 3.05) is 6.61 Å². The molecular weight excluding hydrogens is 222 g/mol. The zero-order chi connectivity index (χ0) is 11.5. The highest BCUT2D eigenvalue weighted by molar-refractivity contribution is 6.30. The van der Waals surface area contributed by atoms with Crippen LogP contribution in [0.25, 0.3) is 0 Å². The number of rotatable bonds is 3. The van der Waals surface area contributed by atoms with Gasteiger partial charge in [0.2, 0.25) is 0 Å². The molecule has 1 N–H and O–H groups in total. The lowest BCUT2D eigenvalue weighted by Gasteiger charge is -2.22. The monoisotopic (exact) mass is 239 g/mol. The minimum Gasteiger partial charge on any atom is -0.377 e. The summed E-state index contributed by atoms with van der Waals surface area (Å²) in [4.78, 5) is 0. The summed E-state index contributed by atoms with van der Waals surface area (Å²) in [5, 5.41) is 4.38. The Kier molecular flexibility index (Phi) is 3.85. The van der Waals surface area contributed by atoms with Crippen molar-refractivity contribution in [1.29, 1.82) is 0 Å². The summed E-state index contributed by atoms with van der Waals surface area (Å²) in [5.74, 6) is 0. The van der Waals surface area contributed by atoms with E-state index in [1.165, 1.54) is 5.56 Å². The third-order valence-corrected chi connectivity index (χ3v) is 3.42. The van der Waals surface area contributed by atoms with Crippen molar-refractivity contribution in [1.82, 2.24) is 5.32 Å². The molecule has 0 aromatic heterocycles. The average molecular weight is 240 g/mol. The topological polar surface area (TPSA) is 21.3 Å². The zero-order valence-electron chi connectivity index (χ0n) is 9.74. The Labute approximate surface area is 102 Å². The molecule has 1 aliphatic heterocycles. The molecule has 2 nitrogen and oxygen atoms in total. The average Bonchev–Trinajstić information content (AvgIpc) is 2.64. The van der Waals surface area contributed by atoms with Gasteiger partial charge in [0, 0.05) is 23.7 Å². The van der Waals surface area contributed by atoms with Gasteiger partial charge in [-0.3, -0.25) is 0 Å². The first kappa shape index (κ1) is 11.9. The number of hydrogen-bond acceptors (Lipinski definition) is 2. The van der Waals surface area contributed by atoms with Crippen molar-refractivity contribution < 1.29 is 4.74 Å². The molecule has 1 aromatic rings. The molecule has 0 saturated carbocycles. The van der Waals surface area contributed by atoms with Crippen LogP contribution < -0.4 is 5.32 Å². The Morgan fingerprint density at radius 1 is 1.50 bits per heavy atom. The second-order valence-electron chi connectivity index (χ2n) is 4.41. The van der Waals surface area contributed by atoms with Gasteiger partial charge in [0.05, 0.1) is 6.10 Å². The van der Waals surface area contributed by atoms with E-state index in [1.807, 2.05) is 18.2 Å². The molecule has 2 rings (SSSR count). The van der Waals surface area contributed by atoms with E-state index < -0.39 is 0 Å². The maximum atomic E-state index is 5.98. The van der Waals surface area contributed by atoms with Gasteiger partial charge in [0.15, 0.2) is 0 Å². The molecule has 0 spiro atoms. The fourth-order valence-corrected chi connectivity index (χ4v) is 2.34. The molecule has 0 radical (unpaired) electrons. The number of nitrogens with one attached hydrogen (secondary N) is 1. The van der Waals surface area contributed by atoms with Crippen LogP contribution in [0.15, 0.2) is 24.3 Å². The van der Waals surface area contributed by atoms with Gasteiger partial charge < -0.3 is 10.1 Å². The third-order valence-electron chi connectivity index (χ3n) is 3.19. The molecule has 0 bridgehead atoms. The molecule has 3 heteroatoms. The normalized spacial score (nSPS) is 26.9. The van der Waals surface area contributed by atoms with Crippen molar-refractivity contribution >= 4 is 11.6 Å². The van der Waals surface area contributed by atoms with Gasteiger partial charge in [-0.1, -0.05) is 23.7 Å². The van der Waals surface area contributed by atoms with Gasteiger partial charge in [-0.25, -0.2) is 0 Å². The standard InChI is InChI=1S/C13H18ClNO/c1-9(11-4-3-5-12(14)8-11)15-13-6-7-16-10(13)2/h3-5,8-10,13,15H,6-7H2,1-2H3. The van der Waals surface area contributed by atoms with Gasteiger partial charge in [-0.2, -0.15) is 0 Å². The Bertz CT molecular complexity index is 356. The van der Waals surface area contributed by atoms with E-state index in [9.17, 15) is 0 Å². The minimum absolute atomic E-state index is 0.307. The van der Waals surface area contributed by atoms with Crippen molar-refractivity contribution in [3.05, 3.63) is 34.9 Å². The first-order valence-electron chi connectivity index (χ1n) is 5.80. The molecule has 88 valence electrons. The molecule has 0 aliphatic carbocycles. The molecule has 3 atom stereocenters. The Hall–Kier alpha value is -0.570. The SMILES string of the molecule is CC(NC1CCOC1C)c1cccc(Cl)c1. The Morgan fingerprint density at radius 3 is 2.94 bits per heavy atom. The van der Waals surface area contributed by atoms with Gasteiger partial charge in [-0.15, -0.1) is 0 Å². The van der Waals surface area contributed by atoms with Crippen LogP contribution in [0, 0.1) is 0 Å². The van der Waals surface area contributed by atoms with Crippen LogP contribution in [0.5, 0.6) is 0 Å². The van der Waals surface area contributed by atoms with Crippen LogP contribution in [0.4, 0.5) is 0 Å². The molecule has 1 saturated heterocycles. The summed E-state index contributed by atoms with van der Waals surface area (Å²) >= 11 is 5.98. The summed E-state index contributed by atoms with van der Waals surface area (Å²) in [6.07, 6.45) is 1.40. The predicted molar refractivity (Wildman–Crippen MR) is 66.8 cm³/mol. The second kappa shape index (κ2) is 5.17. The maximum absolute atomic E-state index is 5.98. The lowest BCUT2D eigenvalue weighted by Crippen LogP contribution is -2.36. The van der Waals surface area contributed by atoms with E-state index in [0.29, 0.717) is 18.2 Å². The van der Waals surface area contributed by atoms with E-state index in [1.54, 1.807) is 0 Å². The molecule has 1 aromatic carbocycles. The molecule has 0 amide bonds. The number of halogens is 1. The van der Waals surface area contributed by atoms with Gasteiger partial charge >= 0.3 is 0 Å². The number of hydrogen-bond donors (Lipinski definition) is 1. The highest BCUT2D eigenvalue weighted by Gasteiger charge is 2.25. The van der Waals surface area contributed by atoms with Crippen LogP contribution in [-0.2, 0) is 4.74 Å². The fraction of sp³-hybridized carbons (Fsp3) is 0.538. The van der Waals surface area contributed by atoms with Crippen LogP contribution >= 0.6 is 11.6 Å². The summed E-state index contributed by atoms with van der Waals surface area (Å²) in [6, 6.07) is 8.77. The maximum Gasteiger partial charge on any atom is 0.0700 e. The molecular formula is C13H18ClNO. The molecule has 3 unspecified atom stereocenters. The van der Waals surface area contributed by atoms with Crippen LogP contribution in [0.2, 0.25) is 5.02 Å². The summed E-state index contributed by atoms with van der Waals surface area (Å²) in [6.45, 7) is 5.15. The van der Waals surface area contributed by atoms with Crippen molar-refractivity contribution in [3.8, 4) is 0 Å². The number of benzene rings is 1. The highest BCUT2D eigenvalue weighted by Crippen LogP contribution is 2.21. The third kappa shape index (κ3) is 2.76. The lowest BCUT2D eigenvalue weighted by atomic mass is 10.1. The molecule has 1 fully saturated rings. The molecule has 16 heavy (non-hydrogen) atoms. The van der Waals surface area contributed by atoms with Crippen molar-refractivity contribution in [2.45, 2.75) is 38.5 Å². The zero-order valence-corrected chi connectivity index (χ0v) is 10.5. The molecule has 1 aliphatic rings. The Balaban J connectivity index is 1.99. The van der Waals surface area contributed by atoms with Gasteiger partial charge in [0.25, 0.3) is 0 Å². The second-order valence-corrected chi connectivity index (χ2v) is 4.85. The van der Waals surface area contributed by atoms with E-state index in [4.69, 9.17) is 16.3 Å². The fourth-order valence-electron chi connectivity index (χ4n) is 2.14. The van der Waals surface area contributed by atoms with Gasteiger partial charge in [0.1, 0.15) is 0 Å². The molecule has 1 heterocycles.